The van der Waals surface area contributed by atoms with Crippen LogP contribution in [0.4, 0.5) is 0 Å². The van der Waals surface area contributed by atoms with Gasteiger partial charge >= 0.3 is 11.9 Å². The van der Waals surface area contributed by atoms with E-state index in [-0.39, 0.29) is 23.4 Å². The molecule has 0 N–H and O–H groups in total. The fraction of sp³-hybridized carbons (Fsp3) is 0.450. The lowest BCUT2D eigenvalue weighted by atomic mass is 9.82. The second-order valence-electron chi connectivity index (χ2n) is 7.11. The number of rotatable bonds is 2. The number of fused-ring (bicyclic) bond motifs is 4. The molecule has 3 rings (SSSR count). The third kappa shape index (κ3) is 2.94. The van der Waals surface area contributed by atoms with Crippen LogP contribution in [0.1, 0.15) is 27.2 Å². The van der Waals surface area contributed by atoms with E-state index in [1.807, 2.05) is 0 Å². The lowest BCUT2D eigenvalue weighted by Crippen LogP contribution is -2.40. The fourth-order valence-corrected chi connectivity index (χ4v) is 3.56. The number of hydrogen-bond donors (Lipinski definition) is 0. The van der Waals surface area contributed by atoms with Crippen LogP contribution in [0.15, 0.2) is 48.1 Å². The SMILES string of the molecule is C=C1C(=O)O[C@@H]2[C@@H]1[C@@H](OC(=O)/C(C)=C\C)C[C@@]1(C)C=CC(=O)C(=C)[C@@H]2O1. The number of carbonyl (C=O) groups is 3. The molecule has 0 unspecified atom stereocenters. The van der Waals surface area contributed by atoms with Crippen molar-refractivity contribution in [3.05, 3.63) is 48.1 Å². The van der Waals surface area contributed by atoms with Crippen molar-refractivity contribution >= 4 is 17.7 Å². The highest BCUT2D eigenvalue weighted by Gasteiger charge is 2.56. The van der Waals surface area contributed by atoms with Crippen molar-refractivity contribution in [3.63, 3.8) is 0 Å². The maximum atomic E-state index is 12.3. The molecule has 5 atom stereocenters. The quantitative estimate of drug-likeness (QED) is 0.556. The van der Waals surface area contributed by atoms with Crippen LogP contribution in [-0.2, 0) is 28.6 Å². The van der Waals surface area contributed by atoms with Crippen LogP contribution >= 0.6 is 0 Å². The molecule has 2 fully saturated rings. The van der Waals surface area contributed by atoms with E-state index >= 15 is 0 Å². The van der Waals surface area contributed by atoms with Gasteiger partial charge in [0, 0.05) is 23.1 Å². The van der Waals surface area contributed by atoms with Crippen LogP contribution in [0.2, 0.25) is 0 Å². The summed E-state index contributed by atoms with van der Waals surface area (Å²) >= 11 is 0. The predicted octanol–water partition coefficient (Wildman–Crippen LogP) is 2.20. The molecule has 3 aliphatic heterocycles. The lowest BCUT2D eigenvalue weighted by molar-refractivity contribution is -0.148. The van der Waals surface area contributed by atoms with Crippen molar-refractivity contribution in [3.8, 4) is 0 Å². The van der Waals surface area contributed by atoms with Crippen LogP contribution in [0.3, 0.4) is 0 Å². The van der Waals surface area contributed by atoms with Crippen molar-refractivity contribution in [1.82, 2.24) is 0 Å². The highest BCUT2D eigenvalue weighted by molar-refractivity contribution is 6.05. The first-order valence-corrected chi connectivity index (χ1v) is 8.50. The molecule has 0 aromatic rings. The zero-order valence-electron chi connectivity index (χ0n) is 15.1. The van der Waals surface area contributed by atoms with E-state index < -0.39 is 41.8 Å². The lowest BCUT2D eigenvalue weighted by Gasteiger charge is -2.29. The normalized spacial score (nSPS) is 37.0. The molecule has 0 amide bonds. The summed E-state index contributed by atoms with van der Waals surface area (Å²) in [7, 11) is 0. The zero-order valence-corrected chi connectivity index (χ0v) is 15.1. The minimum Gasteiger partial charge on any atom is -0.458 e. The van der Waals surface area contributed by atoms with E-state index in [0.717, 1.165) is 0 Å². The maximum Gasteiger partial charge on any atom is 0.334 e. The van der Waals surface area contributed by atoms with E-state index in [1.54, 1.807) is 32.9 Å². The topological polar surface area (TPSA) is 78.9 Å². The Morgan fingerprint density at radius 3 is 2.69 bits per heavy atom. The molecule has 2 saturated heterocycles. The van der Waals surface area contributed by atoms with E-state index in [1.165, 1.54) is 6.08 Å². The van der Waals surface area contributed by atoms with Gasteiger partial charge in [-0.15, -0.1) is 0 Å². The van der Waals surface area contributed by atoms with Gasteiger partial charge < -0.3 is 14.2 Å². The van der Waals surface area contributed by atoms with Gasteiger partial charge in [0.2, 0.25) is 0 Å². The Morgan fingerprint density at radius 2 is 2.04 bits per heavy atom. The summed E-state index contributed by atoms with van der Waals surface area (Å²) in [6, 6.07) is 0. The Hall–Kier alpha value is -2.47. The van der Waals surface area contributed by atoms with Crippen molar-refractivity contribution in [1.29, 1.82) is 0 Å². The van der Waals surface area contributed by atoms with Gasteiger partial charge in [0.1, 0.15) is 18.3 Å². The molecule has 26 heavy (non-hydrogen) atoms. The van der Waals surface area contributed by atoms with Crippen molar-refractivity contribution in [2.75, 3.05) is 0 Å². The molecule has 0 aromatic carbocycles. The summed E-state index contributed by atoms with van der Waals surface area (Å²) in [5.41, 5.74) is 0.0155. The Labute approximate surface area is 152 Å². The van der Waals surface area contributed by atoms with Crippen molar-refractivity contribution < 1.29 is 28.6 Å². The molecular weight excluding hydrogens is 336 g/mol. The van der Waals surface area contributed by atoms with Gasteiger partial charge in [-0.05, 0) is 32.9 Å². The summed E-state index contributed by atoms with van der Waals surface area (Å²) in [5.74, 6) is -1.92. The van der Waals surface area contributed by atoms with Gasteiger partial charge in [-0.3, -0.25) is 4.79 Å². The van der Waals surface area contributed by atoms with Crippen LogP contribution in [-0.4, -0.2) is 41.6 Å². The van der Waals surface area contributed by atoms with Gasteiger partial charge in [0.15, 0.2) is 5.78 Å². The number of allylic oxidation sites excluding steroid dienone is 2. The summed E-state index contributed by atoms with van der Waals surface area (Å²) in [4.78, 5) is 36.7. The van der Waals surface area contributed by atoms with Crippen LogP contribution in [0, 0.1) is 5.92 Å². The minimum absolute atomic E-state index is 0.207. The summed E-state index contributed by atoms with van der Waals surface area (Å²) in [6.45, 7) is 12.8. The average molecular weight is 358 g/mol. The Balaban J connectivity index is 2.05. The highest BCUT2D eigenvalue weighted by Crippen LogP contribution is 2.45. The number of carbonyl (C=O) groups excluding carboxylic acids is 3. The number of esters is 2. The second-order valence-corrected chi connectivity index (χ2v) is 7.11. The smallest absolute Gasteiger partial charge is 0.334 e. The Kier molecular flexibility index (Phi) is 4.48. The number of ether oxygens (including phenoxy) is 3. The average Bonchev–Trinajstić information content (AvgIpc) is 2.76. The van der Waals surface area contributed by atoms with Crippen LogP contribution < -0.4 is 0 Å². The standard InChI is InChI=1S/C20H22O6/c1-6-10(2)18(22)24-14-9-20(5)8-7-13(21)11(3)16(26-20)17-15(14)12(4)19(23)25-17/h6-8,14-17H,3-4,9H2,1-2,5H3/b10-6-/t14-,15-,16-,17+,20+/m0/s1. The van der Waals surface area contributed by atoms with Gasteiger partial charge in [0.05, 0.1) is 11.5 Å². The first-order chi connectivity index (χ1) is 12.2. The van der Waals surface area contributed by atoms with Gasteiger partial charge in [0.25, 0.3) is 0 Å². The summed E-state index contributed by atoms with van der Waals surface area (Å²) < 4.78 is 17.3. The third-order valence-corrected chi connectivity index (χ3v) is 5.22. The molecule has 3 aliphatic rings. The zero-order chi connectivity index (χ0) is 19.2. The first kappa shape index (κ1) is 18.3. The number of hydrogen-bond acceptors (Lipinski definition) is 6. The van der Waals surface area contributed by atoms with Gasteiger partial charge in [-0.2, -0.15) is 0 Å². The minimum atomic E-state index is -0.869. The molecule has 6 heteroatoms. The van der Waals surface area contributed by atoms with Gasteiger partial charge in [-0.1, -0.05) is 19.2 Å². The predicted molar refractivity (Wildman–Crippen MR) is 93.0 cm³/mol. The largest absolute Gasteiger partial charge is 0.458 e. The Bertz CT molecular complexity index is 773. The van der Waals surface area contributed by atoms with Crippen LogP contribution in [0.25, 0.3) is 0 Å². The molecule has 0 aromatic heterocycles. The fourth-order valence-electron chi connectivity index (χ4n) is 3.56. The molecule has 6 nitrogen and oxygen atoms in total. The number of ketones is 1. The second kappa shape index (κ2) is 6.36. The molecule has 2 bridgehead atoms. The summed E-state index contributed by atoms with van der Waals surface area (Å²) in [5, 5.41) is 0. The van der Waals surface area contributed by atoms with E-state index in [9.17, 15) is 14.4 Å². The molecular formula is C20H22O6. The van der Waals surface area contributed by atoms with E-state index in [4.69, 9.17) is 14.2 Å². The third-order valence-electron chi connectivity index (χ3n) is 5.22. The molecule has 3 heterocycles. The monoisotopic (exact) mass is 358 g/mol. The van der Waals surface area contributed by atoms with Crippen molar-refractivity contribution in [2.45, 2.75) is 51.1 Å². The highest BCUT2D eigenvalue weighted by atomic mass is 16.6. The molecule has 0 spiro atoms. The van der Waals surface area contributed by atoms with E-state index in [2.05, 4.69) is 13.2 Å². The maximum absolute atomic E-state index is 12.3. The Morgan fingerprint density at radius 1 is 1.35 bits per heavy atom. The first-order valence-electron chi connectivity index (χ1n) is 8.50. The molecule has 0 aliphatic carbocycles. The molecule has 0 radical (unpaired) electrons. The van der Waals surface area contributed by atoms with Crippen LogP contribution in [0.5, 0.6) is 0 Å². The van der Waals surface area contributed by atoms with E-state index in [0.29, 0.717) is 5.57 Å². The summed E-state index contributed by atoms with van der Waals surface area (Å²) in [6.07, 6.45) is 2.67. The molecule has 138 valence electrons. The van der Waals surface area contributed by atoms with Gasteiger partial charge in [-0.25, -0.2) is 9.59 Å². The van der Waals surface area contributed by atoms with Crippen molar-refractivity contribution in [2.24, 2.45) is 5.92 Å². The molecule has 0 saturated carbocycles.